The monoisotopic (exact) mass is 491 g/mol. The highest BCUT2D eigenvalue weighted by molar-refractivity contribution is 6.32. The number of piperidine rings is 1. The van der Waals surface area contributed by atoms with E-state index in [1.807, 2.05) is 23.0 Å². The Morgan fingerprint density at radius 2 is 1.76 bits per heavy atom. The van der Waals surface area contributed by atoms with Gasteiger partial charge in [-0.05, 0) is 60.9 Å². The number of ether oxygens (including phenoxy) is 1. The molecule has 2 heterocycles. The van der Waals surface area contributed by atoms with E-state index < -0.39 is 11.7 Å². The van der Waals surface area contributed by atoms with Gasteiger partial charge in [-0.3, -0.25) is 9.69 Å². The summed E-state index contributed by atoms with van der Waals surface area (Å²) in [5.74, 6) is 0.310. The van der Waals surface area contributed by atoms with Gasteiger partial charge in [-0.15, -0.1) is 0 Å². The number of nitrogens with one attached hydrogen (secondary N) is 1. The molecule has 0 atom stereocenters. The average Bonchev–Trinajstić information content (AvgIpc) is 3.28. The number of likely N-dealkylation sites (tertiary alicyclic amines) is 1. The third-order valence-electron chi connectivity index (χ3n) is 5.80. The number of rotatable bonds is 7. The van der Waals surface area contributed by atoms with Crippen LogP contribution in [0.15, 0.2) is 67.0 Å². The molecule has 34 heavy (non-hydrogen) atoms. The van der Waals surface area contributed by atoms with Gasteiger partial charge in [-0.1, -0.05) is 23.7 Å². The number of aromatic nitrogens is 1. The fraction of sp³-hybridized carbons (Fsp3) is 0.320. The average molecular weight is 492 g/mol. The van der Waals surface area contributed by atoms with Gasteiger partial charge in [0.25, 0.3) is 5.91 Å². The molecule has 9 heteroatoms. The Morgan fingerprint density at radius 3 is 2.44 bits per heavy atom. The molecule has 0 unspecified atom stereocenters. The summed E-state index contributed by atoms with van der Waals surface area (Å²) in [6, 6.07) is 14.2. The second kappa shape index (κ2) is 10.5. The summed E-state index contributed by atoms with van der Waals surface area (Å²) in [6.07, 6.45) is 1.11. The molecule has 1 amide bonds. The van der Waals surface area contributed by atoms with Crippen molar-refractivity contribution in [2.45, 2.75) is 31.6 Å². The van der Waals surface area contributed by atoms with Crippen molar-refractivity contribution in [2.75, 3.05) is 19.7 Å². The molecule has 1 N–H and O–H groups in total. The maximum absolute atomic E-state index is 12.8. The molecular weight excluding hydrogens is 467 g/mol. The van der Waals surface area contributed by atoms with Gasteiger partial charge < -0.3 is 14.6 Å². The number of hydrogen-bond donors (Lipinski definition) is 1. The fourth-order valence-electron chi connectivity index (χ4n) is 3.99. The summed E-state index contributed by atoms with van der Waals surface area (Å²) in [5, 5.41) is 3.48. The van der Waals surface area contributed by atoms with Gasteiger partial charge in [0.1, 0.15) is 5.75 Å². The molecule has 0 saturated carbocycles. The highest BCUT2D eigenvalue weighted by atomic mass is 35.5. The van der Waals surface area contributed by atoms with E-state index in [0.29, 0.717) is 16.5 Å². The first-order valence-electron chi connectivity index (χ1n) is 11.0. The second-order valence-electron chi connectivity index (χ2n) is 8.31. The van der Waals surface area contributed by atoms with Crippen molar-refractivity contribution in [3.63, 3.8) is 0 Å². The second-order valence-corrected chi connectivity index (χ2v) is 8.72. The minimum absolute atomic E-state index is 0.0819. The predicted octanol–water partition coefficient (Wildman–Crippen LogP) is 5.31. The van der Waals surface area contributed by atoms with Crippen molar-refractivity contribution in [1.82, 2.24) is 14.8 Å². The Hall–Kier alpha value is -2.97. The van der Waals surface area contributed by atoms with Crippen LogP contribution in [0.2, 0.25) is 5.02 Å². The Labute approximate surface area is 201 Å². The molecule has 5 nitrogen and oxygen atoms in total. The fourth-order valence-corrected chi connectivity index (χ4v) is 4.18. The summed E-state index contributed by atoms with van der Waals surface area (Å²) in [7, 11) is 0. The van der Waals surface area contributed by atoms with Crippen LogP contribution in [-0.4, -0.2) is 41.1 Å². The first kappa shape index (κ1) is 24.2. The van der Waals surface area contributed by atoms with E-state index in [9.17, 15) is 18.0 Å². The van der Waals surface area contributed by atoms with E-state index in [0.717, 1.165) is 50.2 Å². The lowest BCUT2D eigenvalue weighted by molar-refractivity contribution is -0.137. The number of para-hydroxylation sites is 1. The van der Waals surface area contributed by atoms with E-state index in [2.05, 4.69) is 10.2 Å². The molecule has 1 aliphatic rings. The molecule has 0 radical (unpaired) electrons. The Balaban J connectivity index is 1.22. The maximum Gasteiger partial charge on any atom is 0.416 e. The highest BCUT2D eigenvalue weighted by Crippen LogP contribution is 2.29. The first-order chi connectivity index (χ1) is 16.3. The lowest BCUT2D eigenvalue weighted by atomic mass is 10.0. The third-order valence-corrected chi connectivity index (χ3v) is 6.11. The van der Waals surface area contributed by atoms with Crippen LogP contribution < -0.4 is 10.1 Å². The van der Waals surface area contributed by atoms with Crippen LogP contribution in [0.4, 0.5) is 13.2 Å². The van der Waals surface area contributed by atoms with Crippen molar-refractivity contribution in [3.05, 3.63) is 83.1 Å². The van der Waals surface area contributed by atoms with Gasteiger partial charge >= 0.3 is 6.18 Å². The Bertz CT molecular complexity index is 1110. The van der Waals surface area contributed by atoms with Crippen molar-refractivity contribution in [2.24, 2.45) is 0 Å². The molecule has 1 saturated heterocycles. The minimum Gasteiger partial charge on any atom is -0.482 e. The maximum atomic E-state index is 12.8. The van der Waals surface area contributed by atoms with Crippen LogP contribution in [0, 0.1) is 0 Å². The Morgan fingerprint density at radius 1 is 1.06 bits per heavy atom. The number of hydrogen-bond acceptors (Lipinski definition) is 3. The van der Waals surface area contributed by atoms with E-state index in [4.69, 9.17) is 16.3 Å². The van der Waals surface area contributed by atoms with Crippen LogP contribution in [0.25, 0.3) is 5.69 Å². The van der Waals surface area contributed by atoms with Gasteiger partial charge in [0, 0.05) is 43.8 Å². The van der Waals surface area contributed by atoms with Crippen LogP contribution >= 0.6 is 11.6 Å². The SMILES string of the molecule is O=C(COc1ccccc1Cl)NC1CCN(Cc2ccn(-c3ccc(C(F)(F)F)cc3)c2)CC1. The van der Waals surface area contributed by atoms with E-state index in [-0.39, 0.29) is 18.6 Å². The minimum atomic E-state index is -4.34. The zero-order valence-electron chi connectivity index (χ0n) is 18.4. The van der Waals surface area contributed by atoms with Gasteiger partial charge in [0.05, 0.1) is 10.6 Å². The lowest BCUT2D eigenvalue weighted by Crippen LogP contribution is -2.45. The smallest absolute Gasteiger partial charge is 0.416 e. The van der Waals surface area contributed by atoms with E-state index in [1.54, 1.807) is 24.3 Å². The number of halogens is 4. The predicted molar refractivity (Wildman–Crippen MR) is 124 cm³/mol. The molecule has 0 spiro atoms. The number of alkyl halides is 3. The normalized spacial score (nSPS) is 15.3. The zero-order chi connectivity index (χ0) is 24.1. The lowest BCUT2D eigenvalue weighted by Gasteiger charge is -2.32. The van der Waals surface area contributed by atoms with Gasteiger partial charge in [0.15, 0.2) is 6.61 Å². The van der Waals surface area contributed by atoms with E-state index >= 15 is 0 Å². The van der Waals surface area contributed by atoms with Crippen LogP contribution in [0.1, 0.15) is 24.0 Å². The molecule has 1 aromatic heterocycles. The third kappa shape index (κ3) is 6.33. The van der Waals surface area contributed by atoms with Gasteiger partial charge in [0.2, 0.25) is 0 Å². The number of benzene rings is 2. The van der Waals surface area contributed by atoms with Crippen LogP contribution in [-0.2, 0) is 17.5 Å². The van der Waals surface area contributed by atoms with Crippen LogP contribution in [0.5, 0.6) is 5.75 Å². The van der Waals surface area contributed by atoms with Crippen molar-refractivity contribution in [3.8, 4) is 11.4 Å². The molecular formula is C25H25ClF3N3O2. The largest absolute Gasteiger partial charge is 0.482 e. The summed E-state index contributed by atoms with van der Waals surface area (Å²) in [4.78, 5) is 14.5. The van der Waals surface area contributed by atoms with Gasteiger partial charge in [-0.2, -0.15) is 13.2 Å². The Kier molecular flexibility index (Phi) is 7.48. The summed E-state index contributed by atoms with van der Waals surface area (Å²) < 4.78 is 45.6. The summed E-state index contributed by atoms with van der Waals surface area (Å²) >= 11 is 6.04. The molecule has 180 valence electrons. The topological polar surface area (TPSA) is 46.5 Å². The highest BCUT2D eigenvalue weighted by Gasteiger charge is 2.30. The summed E-state index contributed by atoms with van der Waals surface area (Å²) in [5.41, 5.74) is 1.10. The number of amides is 1. The van der Waals surface area contributed by atoms with Crippen molar-refractivity contribution >= 4 is 17.5 Å². The van der Waals surface area contributed by atoms with Crippen molar-refractivity contribution < 1.29 is 22.7 Å². The van der Waals surface area contributed by atoms with Crippen LogP contribution in [0.3, 0.4) is 0 Å². The first-order valence-corrected chi connectivity index (χ1v) is 11.4. The number of carbonyl (C=O) groups excluding carboxylic acids is 1. The van der Waals surface area contributed by atoms with E-state index in [1.165, 1.54) is 12.1 Å². The molecule has 0 aliphatic carbocycles. The molecule has 1 fully saturated rings. The number of nitrogens with zero attached hydrogens (tertiary/aromatic N) is 2. The standard InChI is InChI=1S/C25H25ClF3N3O2/c26-22-3-1-2-4-23(22)34-17-24(33)30-20-10-12-31(13-11-20)15-18-9-14-32(16-18)21-7-5-19(6-8-21)25(27,28)29/h1-9,14,16,20H,10-13,15,17H2,(H,30,33). The molecule has 4 rings (SSSR count). The van der Waals surface area contributed by atoms with Gasteiger partial charge in [-0.25, -0.2) is 0 Å². The molecule has 0 bridgehead atoms. The number of carbonyl (C=O) groups is 1. The molecule has 3 aromatic rings. The quantitative estimate of drug-likeness (QED) is 0.487. The van der Waals surface area contributed by atoms with Crippen molar-refractivity contribution in [1.29, 1.82) is 0 Å². The molecule has 1 aliphatic heterocycles. The summed E-state index contributed by atoms with van der Waals surface area (Å²) in [6.45, 7) is 2.33. The zero-order valence-corrected chi connectivity index (χ0v) is 19.1. The molecule has 2 aromatic carbocycles.